The molecular weight excluding hydrogens is 180 g/mol. The molecule has 1 aliphatic rings. The standard InChI is InChI=1S/C15H30/c1-3-5-7-8-10-14(9-6-4-2)13-15-11-12-15/h14-15H,3-13H2,1-2H3. The van der Waals surface area contributed by atoms with E-state index in [2.05, 4.69) is 13.8 Å². The summed E-state index contributed by atoms with van der Waals surface area (Å²) >= 11 is 0. The highest BCUT2D eigenvalue weighted by molar-refractivity contribution is 4.76. The summed E-state index contributed by atoms with van der Waals surface area (Å²) in [5.41, 5.74) is 0. The van der Waals surface area contributed by atoms with E-state index in [9.17, 15) is 0 Å². The molecule has 0 bridgehead atoms. The maximum atomic E-state index is 2.32. The number of unbranched alkanes of at least 4 members (excludes halogenated alkanes) is 4. The van der Waals surface area contributed by atoms with E-state index in [4.69, 9.17) is 0 Å². The lowest BCUT2D eigenvalue weighted by atomic mass is 9.90. The predicted octanol–water partition coefficient (Wildman–Crippen LogP) is 5.56. The first-order valence-corrected chi connectivity index (χ1v) is 7.36. The highest BCUT2D eigenvalue weighted by Gasteiger charge is 2.24. The van der Waals surface area contributed by atoms with Gasteiger partial charge in [-0.3, -0.25) is 0 Å². The number of rotatable bonds is 10. The van der Waals surface area contributed by atoms with Crippen LogP contribution in [-0.2, 0) is 0 Å². The Hall–Kier alpha value is 0. The number of hydrogen-bond donors (Lipinski definition) is 0. The Labute approximate surface area is 96.8 Å². The second kappa shape index (κ2) is 8.19. The van der Waals surface area contributed by atoms with Crippen molar-refractivity contribution in [1.29, 1.82) is 0 Å². The van der Waals surface area contributed by atoms with E-state index in [1.165, 1.54) is 64.2 Å². The molecule has 0 aromatic carbocycles. The third-order valence-corrected chi connectivity index (χ3v) is 3.80. The van der Waals surface area contributed by atoms with Crippen molar-refractivity contribution in [2.75, 3.05) is 0 Å². The summed E-state index contributed by atoms with van der Waals surface area (Å²) in [6.07, 6.45) is 16.3. The number of hydrogen-bond acceptors (Lipinski definition) is 0. The summed E-state index contributed by atoms with van der Waals surface area (Å²) < 4.78 is 0. The van der Waals surface area contributed by atoms with E-state index < -0.39 is 0 Å². The average molecular weight is 210 g/mol. The molecule has 0 aromatic heterocycles. The van der Waals surface area contributed by atoms with Gasteiger partial charge in [0.25, 0.3) is 0 Å². The summed E-state index contributed by atoms with van der Waals surface area (Å²) in [7, 11) is 0. The Morgan fingerprint density at radius 2 is 1.53 bits per heavy atom. The van der Waals surface area contributed by atoms with Crippen LogP contribution in [0.3, 0.4) is 0 Å². The van der Waals surface area contributed by atoms with Gasteiger partial charge in [-0.05, 0) is 18.3 Å². The highest BCUT2D eigenvalue weighted by Crippen LogP contribution is 2.38. The zero-order valence-electron chi connectivity index (χ0n) is 10.9. The van der Waals surface area contributed by atoms with Crippen molar-refractivity contribution < 1.29 is 0 Å². The fraction of sp³-hybridized carbons (Fsp3) is 1.00. The Morgan fingerprint density at radius 3 is 2.13 bits per heavy atom. The first kappa shape index (κ1) is 13.1. The second-order valence-corrected chi connectivity index (χ2v) is 5.54. The Bertz CT molecular complexity index is 135. The van der Waals surface area contributed by atoms with Crippen LogP contribution in [0.25, 0.3) is 0 Å². The van der Waals surface area contributed by atoms with Crippen molar-refractivity contribution in [2.45, 2.75) is 84.5 Å². The lowest BCUT2D eigenvalue weighted by molar-refractivity contribution is 0.370. The lowest BCUT2D eigenvalue weighted by Gasteiger charge is -2.16. The van der Waals surface area contributed by atoms with Crippen molar-refractivity contribution in [3.8, 4) is 0 Å². The molecule has 0 aromatic rings. The lowest BCUT2D eigenvalue weighted by Crippen LogP contribution is -2.02. The van der Waals surface area contributed by atoms with Crippen LogP contribution in [0.15, 0.2) is 0 Å². The van der Waals surface area contributed by atoms with Crippen LogP contribution >= 0.6 is 0 Å². The van der Waals surface area contributed by atoms with E-state index in [0.29, 0.717) is 0 Å². The minimum Gasteiger partial charge on any atom is -0.0654 e. The van der Waals surface area contributed by atoms with Crippen molar-refractivity contribution in [2.24, 2.45) is 11.8 Å². The molecule has 1 saturated carbocycles. The van der Waals surface area contributed by atoms with Crippen LogP contribution in [0.2, 0.25) is 0 Å². The van der Waals surface area contributed by atoms with E-state index in [1.807, 2.05) is 0 Å². The fourth-order valence-corrected chi connectivity index (χ4v) is 2.56. The minimum atomic E-state index is 1.08. The highest BCUT2D eigenvalue weighted by atomic mass is 14.3. The summed E-state index contributed by atoms with van der Waals surface area (Å²) in [6.45, 7) is 4.63. The monoisotopic (exact) mass is 210 g/mol. The predicted molar refractivity (Wildman–Crippen MR) is 69.1 cm³/mol. The van der Waals surface area contributed by atoms with Crippen LogP contribution < -0.4 is 0 Å². The molecule has 0 amide bonds. The molecule has 0 saturated heterocycles. The summed E-state index contributed by atoms with van der Waals surface area (Å²) in [5, 5.41) is 0. The van der Waals surface area contributed by atoms with Gasteiger partial charge in [0.2, 0.25) is 0 Å². The zero-order chi connectivity index (χ0) is 10.9. The Morgan fingerprint density at radius 1 is 0.867 bits per heavy atom. The van der Waals surface area contributed by atoms with Crippen molar-refractivity contribution in [3.05, 3.63) is 0 Å². The molecule has 1 atom stereocenters. The molecule has 1 rings (SSSR count). The fourth-order valence-electron chi connectivity index (χ4n) is 2.56. The summed E-state index contributed by atoms with van der Waals surface area (Å²) in [5.74, 6) is 2.22. The Kier molecular flexibility index (Phi) is 7.13. The van der Waals surface area contributed by atoms with Gasteiger partial charge >= 0.3 is 0 Å². The van der Waals surface area contributed by atoms with Crippen molar-refractivity contribution in [3.63, 3.8) is 0 Å². The van der Waals surface area contributed by atoms with Gasteiger partial charge in [-0.25, -0.2) is 0 Å². The Balaban J connectivity index is 2.04. The molecule has 15 heavy (non-hydrogen) atoms. The van der Waals surface area contributed by atoms with Crippen LogP contribution in [0.5, 0.6) is 0 Å². The molecule has 90 valence electrons. The third-order valence-electron chi connectivity index (χ3n) is 3.80. The van der Waals surface area contributed by atoms with Gasteiger partial charge in [0, 0.05) is 0 Å². The average Bonchev–Trinajstić information content (AvgIpc) is 3.04. The van der Waals surface area contributed by atoms with Gasteiger partial charge in [-0.2, -0.15) is 0 Å². The molecule has 1 unspecified atom stereocenters. The first-order chi connectivity index (χ1) is 7.36. The molecule has 0 radical (unpaired) electrons. The molecular formula is C15H30. The SMILES string of the molecule is CCCCCCC(CCCC)CC1CC1. The zero-order valence-corrected chi connectivity index (χ0v) is 10.9. The maximum Gasteiger partial charge on any atom is -0.0411 e. The normalized spacial score (nSPS) is 18.0. The van der Waals surface area contributed by atoms with Crippen molar-refractivity contribution >= 4 is 0 Å². The molecule has 1 fully saturated rings. The summed E-state index contributed by atoms with van der Waals surface area (Å²) in [6, 6.07) is 0. The van der Waals surface area contributed by atoms with Gasteiger partial charge in [0.1, 0.15) is 0 Å². The molecule has 0 heteroatoms. The second-order valence-electron chi connectivity index (χ2n) is 5.54. The van der Waals surface area contributed by atoms with E-state index in [0.717, 1.165) is 11.8 Å². The quantitative estimate of drug-likeness (QED) is 0.414. The summed E-state index contributed by atoms with van der Waals surface area (Å²) in [4.78, 5) is 0. The van der Waals surface area contributed by atoms with Gasteiger partial charge in [0.15, 0.2) is 0 Å². The van der Waals surface area contributed by atoms with E-state index in [1.54, 1.807) is 6.42 Å². The molecule has 1 aliphatic carbocycles. The smallest absolute Gasteiger partial charge is 0.0411 e. The van der Waals surface area contributed by atoms with Crippen LogP contribution in [0, 0.1) is 11.8 Å². The van der Waals surface area contributed by atoms with Gasteiger partial charge in [-0.1, -0.05) is 78.1 Å². The van der Waals surface area contributed by atoms with Crippen molar-refractivity contribution in [1.82, 2.24) is 0 Å². The molecule has 0 N–H and O–H groups in total. The van der Waals surface area contributed by atoms with Crippen LogP contribution in [0.4, 0.5) is 0 Å². The van der Waals surface area contributed by atoms with Gasteiger partial charge < -0.3 is 0 Å². The maximum absolute atomic E-state index is 2.32. The molecule has 0 spiro atoms. The molecule has 0 aliphatic heterocycles. The van der Waals surface area contributed by atoms with Crippen LogP contribution in [0.1, 0.15) is 84.5 Å². The van der Waals surface area contributed by atoms with E-state index in [-0.39, 0.29) is 0 Å². The third kappa shape index (κ3) is 6.98. The van der Waals surface area contributed by atoms with Crippen LogP contribution in [-0.4, -0.2) is 0 Å². The van der Waals surface area contributed by atoms with E-state index >= 15 is 0 Å². The minimum absolute atomic E-state index is 1.08. The van der Waals surface area contributed by atoms with Gasteiger partial charge in [0.05, 0.1) is 0 Å². The first-order valence-electron chi connectivity index (χ1n) is 7.36. The largest absolute Gasteiger partial charge is 0.0654 e. The molecule has 0 nitrogen and oxygen atoms in total. The topological polar surface area (TPSA) is 0 Å². The van der Waals surface area contributed by atoms with Gasteiger partial charge in [-0.15, -0.1) is 0 Å². The molecule has 0 heterocycles.